The van der Waals surface area contributed by atoms with Crippen molar-refractivity contribution in [2.24, 2.45) is 10.7 Å². The predicted molar refractivity (Wildman–Crippen MR) is 88.6 cm³/mol. The number of benzene rings is 1. The van der Waals surface area contributed by atoms with E-state index < -0.39 is 0 Å². The molecule has 0 aliphatic rings. The van der Waals surface area contributed by atoms with E-state index in [0.29, 0.717) is 25.7 Å². The molecule has 118 valence electrons. The van der Waals surface area contributed by atoms with Gasteiger partial charge in [-0.15, -0.1) is 0 Å². The van der Waals surface area contributed by atoms with Crippen molar-refractivity contribution in [2.45, 2.75) is 19.4 Å². The van der Waals surface area contributed by atoms with Crippen LogP contribution in [0.2, 0.25) is 0 Å². The number of hydrogen-bond acceptors (Lipinski definition) is 3. The fraction of sp³-hybridized carbons (Fsp3) is 0.562. The summed E-state index contributed by atoms with van der Waals surface area (Å²) in [5.74, 6) is 0.462. The number of nitrogens with two attached hydrogens (primary N) is 1. The number of aryl methyl sites for hydroxylation is 1. The highest BCUT2D eigenvalue weighted by atomic mass is 16.5. The number of ether oxygens (including phenoxy) is 1. The Bertz CT molecular complexity index is 428. The normalized spacial score (nSPS) is 13.5. The van der Waals surface area contributed by atoms with E-state index in [4.69, 9.17) is 10.5 Å². The third-order valence-electron chi connectivity index (χ3n) is 3.44. The average molecular weight is 292 g/mol. The lowest BCUT2D eigenvalue weighted by Gasteiger charge is -2.23. The quantitative estimate of drug-likeness (QED) is 0.432. The molecule has 0 heterocycles. The number of rotatable bonds is 8. The summed E-state index contributed by atoms with van der Waals surface area (Å²) in [4.78, 5) is 6.58. The molecule has 0 bridgehead atoms. The summed E-state index contributed by atoms with van der Waals surface area (Å²) < 4.78 is 4.97. The molecule has 1 atom stereocenters. The molecule has 5 nitrogen and oxygen atoms in total. The van der Waals surface area contributed by atoms with Crippen molar-refractivity contribution in [3.05, 3.63) is 35.4 Å². The smallest absolute Gasteiger partial charge is 0.188 e. The Hall–Kier alpha value is -1.59. The maximum absolute atomic E-state index is 5.85. The van der Waals surface area contributed by atoms with Gasteiger partial charge in [-0.1, -0.05) is 31.2 Å². The van der Waals surface area contributed by atoms with Gasteiger partial charge < -0.3 is 20.7 Å². The minimum absolute atomic E-state index is 0.221. The Kier molecular flexibility index (Phi) is 7.79. The lowest BCUT2D eigenvalue weighted by molar-refractivity contribution is 0.204. The molecule has 0 unspecified atom stereocenters. The van der Waals surface area contributed by atoms with Gasteiger partial charge in [-0.05, 0) is 31.6 Å². The van der Waals surface area contributed by atoms with Crippen LogP contribution in [0.4, 0.5) is 0 Å². The van der Waals surface area contributed by atoms with Crippen LogP contribution in [0, 0.1) is 0 Å². The van der Waals surface area contributed by atoms with E-state index >= 15 is 0 Å². The highest BCUT2D eigenvalue weighted by molar-refractivity contribution is 5.77. The number of likely N-dealkylation sites (N-methyl/N-ethyl adjacent to an activating group) is 1. The second-order valence-electron chi connectivity index (χ2n) is 5.22. The minimum Gasteiger partial charge on any atom is -0.383 e. The molecule has 5 heteroatoms. The van der Waals surface area contributed by atoms with Gasteiger partial charge in [-0.25, -0.2) is 0 Å². The molecule has 0 saturated carbocycles. The van der Waals surface area contributed by atoms with E-state index in [1.807, 2.05) is 0 Å². The van der Waals surface area contributed by atoms with Crippen molar-refractivity contribution in [1.29, 1.82) is 0 Å². The first-order valence-corrected chi connectivity index (χ1v) is 7.36. The van der Waals surface area contributed by atoms with E-state index in [2.05, 4.69) is 60.5 Å². The molecular formula is C16H28N4O. The van der Waals surface area contributed by atoms with Crippen LogP contribution in [-0.2, 0) is 11.2 Å². The summed E-state index contributed by atoms with van der Waals surface area (Å²) in [5, 5.41) is 3.03. The number of methoxy groups -OCH3 is 1. The molecule has 0 saturated heterocycles. The molecule has 0 aliphatic heterocycles. The highest BCUT2D eigenvalue weighted by Gasteiger charge is 2.13. The number of nitrogens with zero attached hydrogens (tertiary/aromatic N) is 2. The Morgan fingerprint density at radius 1 is 1.33 bits per heavy atom. The largest absolute Gasteiger partial charge is 0.383 e. The van der Waals surface area contributed by atoms with Gasteiger partial charge in [-0.2, -0.15) is 0 Å². The molecule has 0 fully saturated rings. The molecule has 0 radical (unpaired) electrons. The third-order valence-corrected chi connectivity index (χ3v) is 3.44. The van der Waals surface area contributed by atoms with Crippen LogP contribution in [0.25, 0.3) is 0 Å². The molecule has 1 rings (SSSR count). The van der Waals surface area contributed by atoms with Crippen LogP contribution in [0.3, 0.4) is 0 Å². The standard InChI is InChI=1S/C16H28N4O/c1-5-13-6-8-14(9-7-13)15(20(2)3)12-19-16(17)18-10-11-21-4/h6-9,15H,5,10-12H2,1-4H3,(H3,17,18,19)/t15-/m0/s1. The molecule has 0 spiro atoms. The Morgan fingerprint density at radius 2 is 2.00 bits per heavy atom. The first kappa shape index (κ1) is 17.5. The molecule has 1 aromatic carbocycles. The van der Waals surface area contributed by atoms with E-state index in [9.17, 15) is 0 Å². The SMILES string of the molecule is CCc1ccc([C@H](CN=C(N)NCCOC)N(C)C)cc1. The van der Waals surface area contributed by atoms with Gasteiger partial charge in [0.25, 0.3) is 0 Å². The number of hydrogen-bond donors (Lipinski definition) is 2. The lowest BCUT2D eigenvalue weighted by atomic mass is 10.0. The molecule has 1 aromatic rings. The second-order valence-corrected chi connectivity index (χ2v) is 5.22. The van der Waals surface area contributed by atoms with Gasteiger partial charge in [0.15, 0.2) is 5.96 Å². The van der Waals surface area contributed by atoms with Crippen molar-refractivity contribution in [2.75, 3.05) is 40.9 Å². The topological polar surface area (TPSA) is 62.9 Å². The van der Waals surface area contributed by atoms with Crippen LogP contribution in [0.5, 0.6) is 0 Å². The second kappa shape index (κ2) is 9.37. The zero-order chi connectivity index (χ0) is 15.7. The summed E-state index contributed by atoms with van der Waals surface area (Å²) in [6.07, 6.45) is 1.06. The van der Waals surface area contributed by atoms with E-state index in [1.54, 1.807) is 7.11 Å². The fourth-order valence-electron chi connectivity index (χ4n) is 2.06. The minimum atomic E-state index is 0.221. The van der Waals surface area contributed by atoms with Gasteiger partial charge in [0.2, 0.25) is 0 Å². The fourth-order valence-corrected chi connectivity index (χ4v) is 2.06. The van der Waals surface area contributed by atoms with Crippen LogP contribution in [0.15, 0.2) is 29.3 Å². The number of nitrogens with one attached hydrogen (secondary N) is 1. The van der Waals surface area contributed by atoms with Crippen LogP contribution in [-0.4, -0.2) is 51.8 Å². The van der Waals surface area contributed by atoms with E-state index in [-0.39, 0.29) is 6.04 Å². The first-order valence-electron chi connectivity index (χ1n) is 7.36. The molecule has 0 aliphatic carbocycles. The summed E-state index contributed by atoms with van der Waals surface area (Å²) in [6.45, 7) is 4.08. The molecular weight excluding hydrogens is 264 g/mol. The van der Waals surface area contributed by atoms with Gasteiger partial charge in [0, 0.05) is 13.7 Å². The van der Waals surface area contributed by atoms with Crippen molar-refractivity contribution < 1.29 is 4.74 Å². The molecule has 0 aromatic heterocycles. The van der Waals surface area contributed by atoms with Crippen molar-refractivity contribution in [3.63, 3.8) is 0 Å². The van der Waals surface area contributed by atoms with Crippen molar-refractivity contribution in [1.82, 2.24) is 10.2 Å². The van der Waals surface area contributed by atoms with Gasteiger partial charge in [0.05, 0.1) is 19.2 Å². The Morgan fingerprint density at radius 3 is 2.52 bits per heavy atom. The van der Waals surface area contributed by atoms with E-state index in [1.165, 1.54) is 11.1 Å². The predicted octanol–water partition coefficient (Wildman–Crippen LogP) is 1.40. The summed E-state index contributed by atoms with van der Waals surface area (Å²) in [7, 11) is 5.78. The summed E-state index contributed by atoms with van der Waals surface area (Å²) >= 11 is 0. The maximum Gasteiger partial charge on any atom is 0.188 e. The molecule has 3 N–H and O–H groups in total. The molecule has 21 heavy (non-hydrogen) atoms. The lowest BCUT2D eigenvalue weighted by Crippen LogP contribution is -2.35. The summed E-state index contributed by atoms with van der Waals surface area (Å²) in [6, 6.07) is 8.92. The number of guanidine groups is 1. The average Bonchev–Trinajstić information content (AvgIpc) is 2.48. The van der Waals surface area contributed by atoms with Crippen LogP contribution >= 0.6 is 0 Å². The van der Waals surface area contributed by atoms with Crippen LogP contribution < -0.4 is 11.1 Å². The van der Waals surface area contributed by atoms with Crippen LogP contribution in [0.1, 0.15) is 24.1 Å². The zero-order valence-corrected chi connectivity index (χ0v) is 13.6. The van der Waals surface area contributed by atoms with Crippen molar-refractivity contribution >= 4 is 5.96 Å². The van der Waals surface area contributed by atoms with Gasteiger partial charge >= 0.3 is 0 Å². The zero-order valence-electron chi connectivity index (χ0n) is 13.6. The van der Waals surface area contributed by atoms with Gasteiger partial charge in [-0.3, -0.25) is 4.99 Å². The highest BCUT2D eigenvalue weighted by Crippen LogP contribution is 2.19. The number of aliphatic imine (C=N–C) groups is 1. The third kappa shape index (κ3) is 6.14. The van der Waals surface area contributed by atoms with Crippen molar-refractivity contribution in [3.8, 4) is 0 Å². The van der Waals surface area contributed by atoms with Gasteiger partial charge in [0.1, 0.15) is 0 Å². The molecule has 0 amide bonds. The Labute approximate surface area is 128 Å². The maximum atomic E-state index is 5.85. The monoisotopic (exact) mass is 292 g/mol. The van der Waals surface area contributed by atoms with E-state index in [0.717, 1.165) is 6.42 Å². The first-order chi connectivity index (χ1) is 10.1. The Balaban J connectivity index is 2.66. The summed E-state index contributed by atoms with van der Waals surface area (Å²) in [5.41, 5.74) is 8.45.